The molecule has 0 fully saturated rings. The SMILES string of the molecule is CC/C=C\C/C=C\C/C=C\C/C=C\C/C=C\CC(=O)OC(COC(=O)CCCCCCCCCCCCCCCCCCCC/C=C\C/C=C\C/C=C\CCCCCCC)COP(=O)([O-])OCC[N+](C)(C)C. The van der Waals surface area contributed by atoms with E-state index in [0.717, 1.165) is 51.4 Å². The van der Waals surface area contributed by atoms with Gasteiger partial charge in [-0.25, -0.2) is 0 Å². The van der Waals surface area contributed by atoms with Crippen molar-refractivity contribution in [3.05, 3.63) is 97.2 Å². The number of quaternary nitrogens is 1. The molecule has 0 aliphatic heterocycles. The van der Waals surface area contributed by atoms with Crippen molar-refractivity contribution in [3.8, 4) is 0 Å². The van der Waals surface area contributed by atoms with Gasteiger partial charge < -0.3 is 27.9 Å². The molecule has 0 aliphatic carbocycles. The maximum atomic E-state index is 12.7. The van der Waals surface area contributed by atoms with Gasteiger partial charge in [0.1, 0.15) is 19.8 Å². The quantitative estimate of drug-likeness (QED) is 0.0195. The van der Waals surface area contributed by atoms with E-state index in [9.17, 15) is 19.0 Å². The number of esters is 2. The van der Waals surface area contributed by atoms with Crippen LogP contribution >= 0.6 is 7.82 Å². The third-order valence-corrected chi connectivity index (χ3v) is 13.1. The monoisotopic (exact) mass is 1030 g/mol. The van der Waals surface area contributed by atoms with Crippen LogP contribution in [0.5, 0.6) is 0 Å². The van der Waals surface area contributed by atoms with Crippen molar-refractivity contribution in [2.45, 2.75) is 238 Å². The number of likely N-dealkylation sites (N-methyl/N-ethyl adjacent to an activating group) is 1. The number of phosphoric ester groups is 1. The summed E-state index contributed by atoms with van der Waals surface area (Å²) in [5.41, 5.74) is 0. The van der Waals surface area contributed by atoms with Gasteiger partial charge in [0.2, 0.25) is 0 Å². The second-order valence-electron chi connectivity index (χ2n) is 20.3. The number of unbranched alkanes of at least 4 members (excludes halogenated alkanes) is 23. The Morgan fingerprint density at radius 1 is 0.458 bits per heavy atom. The molecule has 0 aromatic carbocycles. The van der Waals surface area contributed by atoms with E-state index in [1.54, 1.807) is 6.08 Å². The van der Waals surface area contributed by atoms with Crippen molar-refractivity contribution in [2.24, 2.45) is 0 Å². The molecule has 0 saturated heterocycles. The van der Waals surface area contributed by atoms with Crippen LogP contribution in [0, 0.1) is 0 Å². The van der Waals surface area contributed by atoms with Crippen molar-refractivity contribution in [1.29, 1.82) is 0 Å². The van der Waals surface area contributed by atoms with E-state index in [2.05, 4.69) is 92.8 Å². The summed E-state index contributed by atoms with van der Waals surface area (Å²) in [6.45, 7) is 4.00. The first kappa shape index (κ1) is 68.9. The molecule has 0 heterocycles. The highest BCUT2D eigenvalue weighted by Gasteiger charge is 2.21. The van der Waals surface area contributed by atoms with Crippen LogP contribution in [0.15, 0.2) is 97.2 Å². The highest BCUT2D eigenvalue weighted by atomic mass is 31.2. The van der Waals surface area contributed by atoms with E-state index in [0.29, 0.717) is 23.9 Å². The van der Waals surface area contributed by atoms with Gasteiger partial charge in [0.05, 0.1) is 34.2 Å². The number of nitrogens with zero attached hydrogens (tertiary/aromatic N) is 1. The minimum atomic E-state index is -4.66. The van der Waals surface area contributed by atoms with Gasteiger partial charge in [-0.3, -0.25) is 14.2 Å². The van der Waals surface area contributed by atoms with Crippen LogP contribution in [0.1, 0.15) is 232 Å². The molecule has 0 N–H and O–H groups in total. The number of carbonyl (C=O) groups is 2. The number of allylic oxidation sites excluding steroid dienone is 15. The van der Waals surface area contributed by atoms with Crippen LogP contribution < -0.4 is 4.89 Å². The van der Waals surface area contributed by atoms with Crippen molar-refractivity contribution in [2.75, 3.05) is 47.5 Å². The first-order valence-corrected chi connectivity index (χ1v) is 30.4. The first-order valence-electron chi connectivity index (χ1n) is 28.9. The van der Waals surface area contributed by atoms with Crippen LogP contribution in [0.4, 0.5) is 0 Å². The van der Waals surface area contributed by atoms with Gasteiger partial charge in [-0.1, -0.05) is 239 Å². The number of ether oxygens (including phenoxy) is 2. The molecule has 2 atom stereocenters. The molecular weight excluding hydrogens is 918 g/mol. The van der Waals surface area contributed by atoms with Crippen molar-refractivity contribution in [3.63, 3.8) is 0 Å². The zero-order valence-corrected chi connectivity index (χ0v) is 47.7. The van der Waals surface area contributed by atoms with Gasteiger partial charge in [0, 0.05) is 6.42 Å². The summed E-state index contributed by atoms with van der Waals surface area (Å²) in [7, 11) is 1.10. The predicted octanol–water partition coefficient (Wildman–Crippen LogP) is 17.4. The average Bonchev–Trinajstić information content (AvgIpc) is 3.34. The molecule has 0 saturated carbocycles. The van der Waals surface area contributed by atoms with E-state index >= 15 is 0 Å². The topological polar surface area (TPSA) is 111 Å². The van der Waals surface area contributed by atoms with Gasteiger partial charge in [-0.15, -0.1) is 0 Å². The average molecular weight is 1030 g/mol. The van der Waals surface area contributed by atoms with Crippen molar-refractivity contribution < 1.29 is 42.1 Å². The van der Waals surface area contributed by atoms with Crippen LogP contribution in [0.2, 0.25) is 0 Å². The molecule has 0 aromatic rings. The van der Waals surface area contributed by atoms with Crippen molar-refractivity contribution >= 4 is 19.8 Å². The first-order chi connectivity index (χ1) is 35.0. The predicted molar refractivity (Wildman–Crippen MR) is 305 cm³/mol. The molecule has 414 valence electrons. The Morgan fingerprint density at radius 2 is 0.833 bits per heavy atom. The van der Waals surface area contributed by atoms with E-state index < -0.39 is 32.5 Å². The summed E-state index contributed by atoms with van der Waals surface area (Å²) in [4.78, 5) is 37.7. The van der Waals surface area contributed by atoms with Crippen LogP contribution in [0.25, 0.3) is 0 Å². The Kier molecular flexibility index (Phi) is 50.5. The molecule has 0 rings (SSSR count). The summed E-state index contributed by atoms with van der Waals surface area (Å²) in [5.74, 6) is -0.982. The minimum Gasteiger partial charge on any atom is -0.756 e. The molecular formula is C62H108NO8P. The summed E-state index contributed by atoms with van der Waals surface area (Å²) in [6.07, 6.45) is 72.2. The van der Waals surface area contributed by atoms with E-state index in [4.69, 9.17) is 18.5 Å². The molecule has 0 radical (unpaired) electrons. The standard InChI is InChI=1S/C62H108NO8P/c1-6-8-10-12-14-16-18-20-22-23-24-25-26-27-28-29-30-31-32-33-34-35-36-37-38-39-41-42-44-46-48-50-52-54-61(64)68-58-60(59-70-72(66,67)69-57-56-63(3,4)5)71-62(65)55-53-51-49-47-45-43-40-21-19-17-15-13-11-9-7-2/h9,11,15,17-18,20-21,23-24,26-27,40,45,47,51,53,60H,6-8,10,12-14,16,19,22,25,28-39,41-44,46,48-50,52,54-59H2,1-5H3/b11-9-,17-15-,20-18-,24-23-,27-26-,40-21-,47-45-,53-51-. The molecule has 9 nitrogen and oxygen atoms in total. The fourth-order valence-corrected chi connectivity index (χ4v) is 8.41. The zero-order valence-electron chi connectivity index (χ0n) is 46.8. The number of phosphoric acid groups is 1. The summed E-state index contributed by atoms with van der Waals surface area (Å²) in [5, 5.41) is 0. The third-order valence-electron chi connectivity index (χ3n) is 12.1. The lowest BCUT2D eigenvalue weighted by molar-refractivity contribution is -0.870. The lowest BCUT2D eigenvalue weighted by Gasteiger charge is -2.28. The molecule has 0 amide bonds. The Hall–Kier alpha value is -3.07. The molecule has 0 bridgehead atoms. The zero-order chi connectivity index (χ0) is 52.7. The number of hydrogen-bond acceptors (Lipinski definition) is 8. The largest absolute Gasteiger partial charge is 0.756 e. The second kappa shape index (κ2) is 52.8. The highest BCUT2D eigenvalue weighted by Crippen LogP contribution is 2.38. The van der Waals surface area contributed by atoms with E-state index in [1.807, 2.05) is 33.3 Å². The van der Waals surface area contributed by atoms with Crippen LogP contribution in [-0.4, -0.2) is 70.0 Å². The molecule has 0 spiro atoms. The smallest absolute Gasteiger partial charge is 0.310 e. The number of rotatable bonds is 52. The maximum absolute atomic E-state index is 12.7. The normalized spacial score (nSPS) is 14.0. The lowest BCUT2D eigenvalue weighted by atomic mass is 10.0. The molecule has 72 heavy (non-hydrogen) atoms. The molecule has 0 aliphatic rings. The van der Waals surface area contributed by atoms with Gasteiger partial charge in [0.15, 0.2) is 6.10 Å². The van der Waals surface area contributed by atoms with Crippen LogP contribution in [-0.2, 0) is 32.7 Å². The Labute approximate surface area is 443 Å². The Bertz CT molecular complexity index is 1540. The van der Waals surface area contributed by atoms with E-state index in [1.165, 1.54) is 141 Å². The van der Waals surface area contributed by atoms with Gasteiger partial charge in [-0.2, -0.15) is 0 Å². The number of hydrogen-bond donors (Lipinski definition) is 0. The second-order valence-corrected chi connectivity index (χ2v) is 21.7. The van der Waals surface area contributed by atoms with E-state index in [-0.39, 0.29) is 26.1 Å². The minimum absolute atomic E-state index is 0.0103. The summed E-state index contributed by atoms with van der Waals surface area (Å²) in [6, 6.07) is 0. The van der Waals surface area contributed by atoms with Gasteiger partial charge >= 0.3 is 11.9 Å². The van der Waals surface area contributed by atoms with Gasteiger partial charge in [0.25, 0.3) is 7.82 Å². The molecule has 0 aromatic heterocycles. The fraction of sp³-hybridized carbons (Fsp3) is 0.710. The Morgan fingerprint density at radius 3 is 1.25 bits per heavy atom. The van der Waals surface area contributed by atoms with Crippen molar-refractivity contribution in [1.82, 2.24) is 0 Å². The molecule has 10 heteroatoms. The van der Waals surface area contributed by atoms with Gasteiger partial charge in [-0.05, 0) is 77.0 Å². The summed E-state index contributed by atoms with van der Waals surface area (Å²) >= 11 is 0. The fourth-order valence-electron chi connectivity index (χ4n) is 7.68. The molecule has 2 unspecified atom stereocenters. The lowest BCUT2D eigenvalue weighted by Crippen LogP contribution is -2.37. The third kappa shape index (κ3) is 56.2. The number of carbonyl (C=O) groups excluding carboxylic acids is 2. The maximum Gasteiger partial charge on any atom is 0.310 e. The summed E-state index contributed by atoms with van der Waals surface area (Å²) < 4.78 is 33.9. The highest BCUT2D eigenvalue weighted by molar-refractivity contribution is 7.45. The Balaban J connectivity index is 4.09. The van der Waals surface area contributed by atoms with Crippen LogP contribution in [0.3, 0.4) is 0 Å².